The number of nitrogens with one attached hydrogen (secondary N) is 1. The maximum atomic E-state index is 13.3. The van der Waals surface area contributed by atoms with E-state index in [0.717, 1.165) is 12.1 Å². The van der Waals surface area contributed by atoms with E-state index in [9.17, 15) is 4.39 Å². The van der Waals surface area contributed by atoms with Crippen molar-refractivity contribution in [2.75, 3.05) is 6.54 Å². The van der Waals surface area contributed by atoms with E-state index in [1.54, 1.807) is 12.1 Å². The number of hydrogen-bond acceptors (Lipinski definition) is 1. The van der Waals surface area contributed by atoms with Gasteiger partial charge in [-0.1, -0.05) is 36.4 Å². The molecule has 1 aliphatic rings. The van der Waals surface area contributed by atoms with Crippen molar-refractivity contribution in [2.24, 2.45) is 0 Å². The third-order valence-electron chi connectivity index (χ3n) is 4.51. The molecule has 0 amide bonds. The predicted molar refractivity (Wildman–Crippen MR) is 84.9 cm³/mol. The summed E-state index contributed by atoms with van der Waals surface area (Å²) in [6.07, 6.45) is 3.70. The molecule has 110 valence electrons. The third-order valence-corrected chi connectivity index (χ3v) is 4.51. The first-order valence-electron chi connectivity index (χ1n) is 7.80. The molecule has 0 fully saturated rings. The van der Waals surface area contributed by atoms with Gasteiger partial charge in [-0.3, -0.25) is 0 Å². The summed E-state index contributed by atoms with van der Waals surface area (Å²) in [7, 11) is 0. The summed E-state index contributed by atoms with van der Waals surface area (Å²) in [5.74, 6) is 0.412. The van der Waals surface area contributed by atoms with E-state index < -0.39 is 0 Å². The van der Waals surface area contributed by atoms with Crippen LogP contribution in [0.4, 0.5) is 4.39 Å². The molecule has 1 unspecified atom stereocenters. The van der Waals surface area contributed by atoms with Gasteiger partial charge < -0.3 is 5.32 Å². The van der Waals surface area contributed by atoms with Crippen molar-refractivity contribution in [3.63, 3.8) is 0 Å². The van der Waals surface area contributed by atoms with Gasteiger partial charge in [0, 0.05) is 12.6 Å². The molecule has 0 saturated heterocycles. The van der Waals surface area contributed by atoms with Gasteiger partial charge >= 0.3 is 0 Å². The van der Waals surface area contributed by atoms with Crippen molar-refractivity contribution in [3.8, 4) is 0 Å². The van der Waals surface area contributed by atoms with E-state index in [-0.39, 0.29) is 11.9 Å². The standard InChI is InChI=1S/C19H22FN/c1-14(16-8-5-10-18(20)12-16)21-13-17-9-4-7-15-6-2-3-11-19(15)17/h2-3,5-6,8,10-12,14,17,21H,4,7,9,13H2,1H3/t14-,17?/m0/s1. The molecule has 0 bridgehead atoms. The average molecular weight is 283 g/mol. The highest BCUT2D eigenvalue weighted by atomic mass is 19.1. The number of halogens is 1. The van der Waals surface area contributed by atoms with E-state index in [0.29, 0.717) is 5.92 Å². The lowest BCUT2D eigenvalue weighted by molar-refractivity contribution is 0.472. The lowest BCUT2D eigenvalue weighted by Gasteiger charge is -2.27. The number of benzene rings is 2. The summed E-state index contributed by atoms with van der Waals surface area (Å²) < 4.78 is 13.3. The summed E-state index contributed by atoms with van der Waals surface area (Å²) >= 11 is 0. The summed E-state index contributed by atoms with van der Waals surface area (Å²) in [5.41, 5.74) is 4.00. The van der Waals surface area contributed by atoms with Crippen LogP contribution in [0, 0.1) is 5.82 Å². The van der Waals surface area contributed by atoms with Crippen molar-refractivity contribution in [1.29, 1.82) is 0 Å². The third kappa shape index (κ3) is 3.33. The number of hydrogen-bond donors (Lipinski definition) is 1. The molecule has 0 heterocycles. The fourth-order valence-electron chi connectivity index (χ4n) is 3.28. The molecule has 0 spiro atoms. The smallest absolute Gasteiger partial charge is 0.123 e. The summed E-state index contributed by atoms with van der Waals surface area (Å²) in [4.78, 5) is 0. The molecule has 21 heavy (non-hydrogen) atoms. The molecular formula is C19H22FN. The van der Waals surface area contributed by atoms with Crippen LogP contribution in [0.15, 0.2) is 48.5 Å². The highest BCUT2D eigenvalue weighted by molar-refractivity contribution is 5.33. The second-order valence-corrected chi connectivity index (χ2v) is 5.97. The first kappa shape index (κ1) is 14.3. The van der Waals surface area contributed by atoms with E-state index in [1.165, 1.54) is 36.5 Å². The fourth-order valence-corrected chi connectivity index (χ4v) is 3.28. The normalized spacial score (nSPS) is 19.0. The fraction of sp³-hybridized carbons (Fsp3) is 0.368. The first-order chi connectivity index (χ1) is 10.2. The molecule has 3 rings (SSSR count). The lowest BCUT2D eigenvalue weighted by atomic mass is 9.82. The Hall–Kier alpha value is -1.67. The summed E-state index contributed by atoms with van der Waals surface area (Å²) in [6, 6.07) is 15.8. The SMILES string of the molecule is C[C@H](NCC1CCCc2ccccc21)c1cccc(F)c1. The Labute approximate surface area is 126 Å². The number of rotatable bonds is 4. The zero-order valence-corrected chi connectivity index (χ0v) is 12.5. The monoisotopic (exact) mass is 283 g/mol. The predicted octanol–water partition coefficient (Wildman–Crippen LogP) is 4.60. The molecule has 0 aromatic heterocycles. The zero-order chi connectivity index (χ0) is 14.7. The molecule has 0 aliphatic heterocycles. The molecule has 1 aliphatic carbocycles. The number of aryl methyl sites for hydroxylation is 1. The Morgan fingerprint density at radius 3 is 2.90 bits per heavy atom. The van der Waals surface area contributed by atoms with E-state index in [2.05, 4.69) is 36.5 Å². The van der Waals surface area contributed by atoms with Crippen LogP contribution in [0.25, 0.3) is 0 Å². The zero-order valence-electron chi connectivity index (χ0n) is 12.5. The second-order valence-electron chi connectivity index (χ2n) is 5.97. The molecule has 0 radical (unpaired) electrons. The van der Waals surface area contributed by atoms with Gasteiger partial charge in [-0.05, 0) is 60.9 Å². The average Bonchev–Trinajstić information content (AvgIpc) is 2.52. The molecule has 1 nitrogen and oxygen atoms in total. The molecule has 2 aromatic rings. The minimum Gasteiger partial charge on any atom is -0.310 e. The Morgan fingerprint density at radius 2 is 2.05 bits per heavy atom. The van der Waals surface area contributed by atoms with Gasteiger partial charge in [0.25, 0.3) is 0 Å². The van der Waals surface area contributed by atoms with Crippen molar-refractivity contribution >= 4 is 0 Å². The van der Waals surface area contributed by atoms with E-state index in [4.69, 9.17) is 0 Å². The lowest BCUT2D eigenvalue weighted by Crippen LogP contribution is -2.26. The second kappa shape index (κ2) is 6.40. The minimum absolute atomic E-state index is 0.163. The van der Waals surface area contributed by atoms with Gasteiger partial charge in [0.05, 0.1) is 0 Å². The van der Waals surface area contributed by atoms with Gasteiger partial charge in [0.15, 0.2) is 0 Å². The maximum Gasteiger partial charge on any atom is 0.123 e. The highest BCUT2D eigenvalue weighted by Crippen LogP contribution is 2.31. The van der Waals surface area contributed by atoms with Crippen LogP contribution in [0.3, 0.4) is 0 Å². The van der Waals surface area contributed by atoms with Crippen molar-refractivity contribution in [2.45, 2.75) is 38.1 Å². The van der Waals surface area contributed by atoms with Gasteiger partial charge in [-0.25, -0.2) is 4.39 Å². The highest BCUT2D eigenvalue weighted by Gasteiger charge is 2.20. The van der Waals surface area contributed by atoms with Gasteiger partial charge in [-0.2, -0.15) is 0 Å². The first-order valence-corrected chi connectivity index (χ1v) is 7.80. The Morgan fingerprint density at radius 1 is 1.19 bits per heavy atom. The molecule has 2 atom stereocenters. The van der Waals surface area contributed by atoms with Crippen molar-refractivity contribution in [1.82, 2.24) is 5.32 Å². The van der Waals surface area contributed by atoms with E-state index >= 15 is 0 Å². The van der Waals surface area contributed by atoms with Crippen LogP contribution in [-0.4, -0.2) is 6.54 Å². The molecule has 1 N–H and O–H groups in total. The summed E-state index contributed by atoms with van der Waals surface area (Å²) in [5, 5.41) is 3.57. The van der Waals surface area contributed by atoms with Crippen LogP contribution in [0.2, 0.25) is 0 Å². The van der Waals surface area contributed by atoms with Crippen LogP contribution in [0.5, 0.6) is 0 Å². The molecule has 2 heteroatoms. The largest absolute Gasteiger partial charge is 0.310 e. The van der Waals surface area contributed by atoms with Crippen LogP contribution in [-0.2, 0) is 6.42 Å². The van der Waals surface area contributed by atoms with Crippen LogP contribution >= 0.6 is 0 Å². The molecule has 2 aromatic carbocycles. The topological polar surface area (TPSA) is 12.0 Å². The van der Waals surface area contributed by atoms with Gasteiger partial charge in [0.2, 0.25) is 0 Å². The molecule has 0 saturated carbocycles. The summed E-state index contributed by atoms with van der Waals surface area (Å²) in [6.45, 7) is 3.05. The molecular weight excluding hydrogens is 261 g/mol. The van der Waals surface area contributed by atoms with E-state index in [1.807, 2.05) is 6.07 Å². The Kier molecular flexibility index (Phi) is 4.35. The Balaban J connectivity index is 1.66. The number of fused-ring (bicyclic) bond motifs is 1. The quantitative estimate of drug-likeness (QED) is 0.865. The van der Waals surface area contributed by atoms with Crippen molar-refractivity contribution < 1.29 is 4.39 Å². The minimum atomic E-state index is -0.163. The van der Waals surface area contributed by atoms with Crippen LogP contribution in [0.1, 0.15) is 48.4 Å². The Bertz CT molecular complexity index is 608. The van der Waals surface area contributed by atoms with Crippen molar-refractivity contribution in [3.05, 3.63) is 71.0 Å². The maximum absolute atomic E-state index is 13.3. The van der Waals surface area contributed by atoms with Gasteiger partial charge in [-0.15, -0.1) is 0 Å². The van der Waals surface area contributed by atoms with Gasteiger partial charge in [0.1, 0.15) is 5.82 Å². The van der Waals surface area contributed by atoms with Crippen LogP contribution < -0.4 is 5.32 Å².